The smallest absolute Gasteiger partial charge is 0.0331 e. The van der Waals surface area contributed by atoms with Gasteiger partial charge in [-0.1, -0.05) is 50.1 Å². The van der Waals surface area contributed by atoms with Crippen LogP contribution in [0.1, 0.15) is 57.4 Å². The quantitative estimate of drug-likeness (QED) is 0.696. The Hall–Kier alpha value is -0.860. The minimum absolute atomic E-state index is 0.322. The van der Waals surface area contributed by atoms with Gasteiger partial charge in [0.1, 0.15) is 0 Å². The van der Waals surface area contributed by atoms with Crippen LogP contribution in [-0.4, -0.2) is 30.1 Å². The van der Waals surface area contributed by atoms with Crippen LogP contribution >= 0.6 is 0 Å². The van der Waals surface area contributed by atoms with E-state index in [4.69, 9.17) is 5.73 Å². The summed E-state index contributed by atoms with van der Waals surface area (Å²) in [6.45, 7) is 5.56. The van der Waals surface area contributed by atoms with Crippen LogP contribution in [0.15, 0.2) is 30.3 Å². The van der Waals surface area contributed by atoms with E-state index in [0.717, 1.165) is 6.54 Å². The van der Waals surface area contributed by atoms with E-state index in [2.05, 4.69) is 42.2 Å². The third kappa shape index (κ3) is 4.55. The summed E-state index contributed by atoms with van der Waals surface area (Å²) < 4.78 is 0. The number of nitrogens with two attached hydrogens (primary N) is 1. The maximum atomic E-state index is 6.15. The molecule has 0 aliphatic heterocycles. The molecule has 1 fully saturated rings. The summed E-state index contributed by atoms with van der Waals surface area (Å²) in [4.78, 5) is 2.71. The van der Waals surface area contributed by atoms with Crippen molar-refractivity contribution in [2.45, 2.75) is 63.8 Å². The largest absolute Gasteiger partial charge is 0.329 e. The lowest BCUT2D eigenvalue weighted by Gasteiger charge is -2.41. The normalized spacial score (nSPS) is 17.5. The number of benzene rings is 1. The van der Waals surface area contributed by atoms with Gasteiger partial charge in [0.05, 0.1) is 0 Å². The van der Waals surface area contributed by atoms with E-state index < -0.39 is 0 Å². The molecule has 1 aromatic rings. The van der Waals surface area contributed by atoms with Gasteiger partial charge >= 0.3 is 0 Å². The molecule has 0 heterocycles. The third-order valence-corrected chi connectivity index (χ3v) is 5.06. The number of hydrogen-bond donors (Lipinski definition) is 1. The molecular weight excluding hydrogens is 256 g/mol. The summed E-state index contributed by atoms with van der Waals surface area (Å²) in [7, 11) is 0. The van der Waals surface area contributed by atoms with E-state index in [-0.39, 0.29) is 0 Å². The summed E-state index contributed by atoms with van der Waals surface area (Å²) in [6, 6.07) is 10.9. The lowest BCUT2D eigenvalue weighted by Crippen LogP contribution is -2.52. The second-order valence-electron chi connectivity index (χ2n) is 6.57. The first kappa shape index (κ1) is 16.5. The van der Waals surface area contributed by atoms with Crippen LogP contribution in [0.5, 0.6) is 0 Å². The van der Waals surface area contributed by atoms with Crippen LogP contribution < -0.4 is 5.73 Å². The maximum absolute atomic E-state index is 6.15. The molecule has 2 N–H and O–H groups in total. The van der Waals surface area contributed by atoms with Gasteiger partial charge in [-0.05, 0) is 57.2 Å². The zero-order valence-electron chi connectivity index (χ0n) is 13.7. The summed E-state index contributed by atoms with van der Waals surface area (Å²) in [5, 5.41) is 0. The van der Waals surface area contributed by atoms with Crippen molar-refractivity contribution in [2.75, 3.05) is 19.6 Å². The molecule has 0 radical (unpaired) electrons. The fourth-order valence-corrected chi connectivity index (χ4v) is 3.82. The molecule has 0 bridgehead atoms. The molecule has 2 heteroatoms. The lowest BCUT2D eigenvalue weighted by atomic mass is 9.94. The highest BCUT2D eigenvalue weighted by Gasteiger charge is 2.37. The van der Waals surface area contributed by atoms with Crippen LogP contribution in [-0.2, 0) is 6.42 Å². The average Bonchev–Trinajstić information content (AvgIpc) is 3.01. The van der Waals surface area contributed by atoms with Crippen molar-refractivity contribution in [1.29, 1.82) is 0 Å². The molecule has 118 valence electrons. The van der Waals surface area contributed by atoms with Gasteiger partial charge in [-0.25, -0.2) is 0 Å². The van der Waals surface area contributed by atoms with Gasteiger partial charge in [0, 0.05) is 12.1 Å². The van der Waals surface area contributed by atoms with Gasteiger partial charge in [-0.15, -0.1) is 0 Å². The highest BCUT2D eigenvalue weighted by atomic mass is 15.2. The third-order valence-electron chi connectivity index (χ3n) is 5.06. The van der Waals surface area contributed by atoms with Gasteiger partial charge in [-0.2, -0.15) is 0 Å². The standard InChI is InChI=1S/C19H32N2/c1-2-15-21(19(17-20)13-7-8-14-19)16-9-6-12-18-10-4-3-5-11-18/h3-5,10-11H,2,6-9,12-17,20H2,1H3. The Morgan fingerprint density at radius 3 is 2.38 bits per heavy atom. The fraction of sp³-hybridized carbons (Fsp3) is 0.684. The fourth-order valence-electron chi connectivity index (χ4n) is 3.82. The Kier molecular flexibility index (Phi) is 6.72. The van der Waals surface area contributed by atoms with Crippen molar-refractivity contribution in [3.05, 3.63) is 35.9 Å². The van der Waals surface area contributed by atoms with E-state index >= 15 is 0 Å². The molecule has 2 rings (SSSR count). The molecule has 0 spiro atoms. The SMILES string of the molecule is CCCN(CCCCc1ccccc1)C1(CN)CCCC1. The Morgan fingerprint density at radius 2 is 1.76 bits per heavy atom. The highest BCUT2D eigenvalue weighted by molar-refractivity contribution is 5.14. The zero-order chi connectivity index (χ0) is 15.0. The molecule has 1 aliphatic rings. The van der Waals surface area contributed by atoms with Gasteiger partial charge < -0.3 is 5.73 Å². The van der Waals surface area contributed by atoms with Crippen LogP contribution in [0.4, 0.5) is 0 Å². The summed E-state index contributed by atoms with van der Waals surface area (Å²) in [6.07, 6.45) is 10.4. The van der Waals surface area contributed by atoms with Gasteiger partial charge in [-0.3, -0.25) is 4.90 Å². The highest BCUT2D eigenvalue weighted by Crippen LogP contribution is 2.34. The molecule has 0 saturated heterocycles. The van der Waals surface area contributed by atoms with Crippen molar-refractivity contribution in [3.8, 4) is 0 Å². The summed E-state index contributed by atoms with van der Waals surface area (Å²) in [5.74, 6) is 0. The molecule has 0 atom stereocenters. The molecule has 1 aromatic carbocycles. The molecular formula is C19H32N2. The number of hydrogen-bond acceptors (Lipinski definition) is 2. The molecule has 1 saturated carbocycles. The van der Waals surface area contributed by atoms with Crippen molar-refractivity contribution in [2.24, 2.45) is 5.73 Å². The van der Waals surface area contributed by atoms with Crippen LogP contribution in [0, 0.1) is 0 Å². The predicted molar refractivity (Wildman–Crippen MR) is 91.5 cm³/mol. The monoisotopic (exact) mass is 288 g/mol. The molecule has 0 unspecified atom stereocenters. The number of nitrogens with zero attached hydrogens (tertiary/aromatic N) is 1. The lowest BCUT2D eigenvalue weighted by molar-refractivity contribution is 0.0965. The molecule has 21 heavy (non-hydrogen) atoms. The number of rotatable bonds is 9. The predicted octanol–water partition coefficient (Wildman–Crippen LogP) is 3.99. The van der Waals surface area contributed by atoms with E-state index in [1.807, 2.05) is 0 Å². The Bertz CT molecular complexity index is 382. The second kappa shape index (κ2) is 8.55. The molecule has 0 amide bonds. The van der Waals surface area contributed by atoms with Crippen LogP contribution in [0.2, 0.25) is 0 Å². The van der Waals surface area contributed by atoms with Crippen LogP contribution in [0.3, 0.4) is 0 Å². The first-order chi connectivity index (χ1) is 10.3. The van der Waals surface area contributed by atoms with Crippen molar-refractivity contribution < 1.29 is 0 Å². The Balaban J connectivity index is 1.80. The Morgan fingerprint density at radius 1 is 1.05 bits per heavy atom. The first-order valence-electron chi connectivity index (χ1n) is 8.80. The first-order valence-corrected chi connectivity index (χ1v) is 8.80. The molecule has 1 aliphatic carbocycles. The molecule has 2 nitrogen and oxygen atoms in total. The van der Waals surface area contributed by atoms with Gasteiger partial charge in [0.2, 0.25) is 0 Å². The summed E-state index contributed by atoms with van der Waals surface area (Å²) >= 11 is 0. The minimum Gasteiger partial charge on any atom is -0.329 e. The van der Waals surface area contributed by atoms with E-state index in [1.54, 1.807) is 0 Å². The second-order valence-corrected chi connectivity index (χ2v) is 6.57. The maximum Gasteiger partial charge on any atom is 0.0331 e. The van der Waals surface area contributed by atoms with E-state index in [1.165, 1.54) is 70.0 Å². The van der Waals surface area contributed by atoms with Gasteiger partial charge in [0.25, 0.3) is 0 Å². The van der Waals surface area contributed by atoms with Crippen molar-refractivity contribution >= 4 is 0 Å². The zero-order valence-corrected chi connectivity index (χ0v) is 13.7. The number of unbranched alkanes of at least 4 members (excludes halogenated alkanes) is 1. The summed E-state index contributed by atoms with van der Waals surface area (Å²) in [5.41, 5.74) is 7.94. The van der Waals surface area contributed by atoms with Crippen molar-refractivity contribution in [3.63, 3.8) is 0 Å². The van der Waals surface area contributed by atoms with E-state index in [0.29, 0.717) is 5.54 Å². The van der Waals surface area contributed by atoms with Crippen LogP contribution in [0.25, 0.3) is 0 Å². The topological polar surface area (TPSA) is 29.3 Å². The van der Waals surface area contributed by atoms with Gasteiger partial charge in [0.15, 0.2) is 0 Å². The van der Waals surface area contributed by atoms with E-state index in [9.17, 15) is 0 Å². The molecule has 0 aromatic heterocycles. The minimum atomic E-state index is 0.322. The number of aryl methyl sites for hydroxylation is 1. The van der Waals surface area contributed by atoms with Crippen molar-refractivity contribution in [1.82, 2.24) is 4.90 Å². The Labute approximate surface area is 130 Å². The average molecular weight is 288 g/mol.